The summed E-state index contributed by atoms with van der Waals surface area (Å²) >= 11 is 0. The highest BCUT2D eigenvalue weighted by Gasteiger charge is 2.16. The lowest BCUT2D eigenvalue weighted by atomic mass is 10.1. The lowest BCUT2D eigenvalue weighted by Gasteiger charge is -2.34. The van der Waals surface area contributed by atoms with Crippen LogP contribution >= 0.6 is 0 Å². The molecule has 1 saturated heterocycles. The molecule has 1 fully saturated rings. The van der Waals surface area contributed by atoms with E-state index in [1.807, 2.05) is 30.3 Å². The number of nitrogens with one attached hydrogen (secondary N) is 2. The van der Waals surface area contributed by atoms with E-state index in [1.54, 1.807) is 0 Å². The molecular formula is C29H50N4O2. The molecule has 1 aromatic rings. The van der Waals surface area contributed by atoms with Gasteiger partial charge in [-0.2, -0.15) is 0 Å². The Morgan fingerprint density at radius 2 is 1.20 bits per heavy atom. The highest BCUT2D eigenvalue weighted by Crippen LogP contribution is 2.10. The minimum absolute atomic E-state index is 0.00989. The van der Waals surface area contributed by atoms with E-state index in [9.17, 15) is 9.59 Å². The number of benzene rings is 1. The summed E-state index contributed by atoms with van der Waals surface area (Å²) in [5, 5.41) is 6.11. The predicted molar refractivity (Wildman–Crippen MR) is 146 cm³/mol. The van der Waals surface area contributed by atoms with Crippen molar-refractivity contribution in [3.63, 3.8) is 0 Å². The first-order valence-electron chi connectivity index (χ1n) is 14.2. The van der Waals surface area contributed by atoms with E-state index in [1.165, 1.54) is 51.4 Å². The van der Waals surface area contributed by atoms with Crippen LogP contribution in [0.1, 0.15) is 94.3 Å². The molecule has 2 rings (SSSR count). The van der Waals surface area contributed by atoms with Crippen molar-refractivity contribution in [3.05, 3.63) is 35.9 Å². The monoisotopic (exact) mass is 486 g/mol. The van der Waals surface area contributed by atoms with Crippen LogP contribution in [0, 0.1) is 0 Å². The zero-order chi connectivity index (χ0) is 25.0. The Kier molecular flexibility index (Phi) is 16.2. The normalized spacial score (nSPS) is 14.7. The Morgan fingerprint density at radius 3 is 1.77 bits per heavy atom. The zero-order valence-corrected chi connectivity index (χ0v) is 22.2. The maximum absolute atomic E-state index is 12.1. The molecule has 1 heterocycles. The van der Waals surface area contributed by atoms with Crippen LogP contribution in [0.25, 0.3) is 0 Å². The summed E-state index contributed by atoms with van der Waals surface area (Å²) in [4.78, 5) is 29.1. The van der Waals surface area contributed by atoms with Gasteiger partial charge in [-0.05, 0) is 44.5 Å². The summed E-state index contributed by atoms with van der Waals surface area (Å²) in [5.41, 5.74) is 0.723. The Labute approximate surface area is 214 Å². The first kappa shape index (κ1) is 29.3. The van der Waals surface area contributed by atoms with E-state index in [0.717, 1.165) is 70.6 Å². The number of amides is 2. The highest BCUT2D eigenvalue weighted by molar-refractivity contribution is 5.94. The second kappa shape index (κ2) is 19.3. The first-order valence-corrected chi connectivity index (χ1v) is 14.2. The van der Waals surface area contributed by atoms with Crippen molar-refractivity contribution in [1.29, 1.82) is 0 Å². The van der Waals surface area contributed by atoms with Crippen molar-refractivity contribution in [2.45, 2.75) is 84.0 Å². The van der Waals surface area contributed by atoms with Crippen LogP contribution in [0.4, 0.5) is 0 Å². The summed E-state index contributed by atoms with van der Waals surface area (Å²) in [5.74, 6) is 0.229. The summed E-state index contributed by atoms with van der Waals surface area (Å²) in [6.07, 6.45) is 14.3. The maximum Gasteiger partial charge on any atom is 0.251 e. The molecule has 0 aromatic heterocycles. The molecule has 2 amide bonds. The van der Waals surface area contributed by atoms with Gasteiger partial charge in [0.15, 0.2) is 0 Å². The summed E-state index contributed by atoms with van der Waals surface area (Å²) in [6, 6.07) is 9.39. The van der Waals surface area contributed by atoms with Crippen LogP contribution in [0.5, 0.6) is 0 Å². The minimum atomic E-state index is 0.00989. The van der Waals surface area contributed by atoms with Crippen LogP contribution in [-0.2, 0) is 4.79 Å². The van der Waals surface area contributed by atoms with Crippen molar-refractivity contribution < 1.29 is 9.59 Å². The third-order valence-electron chi connectivity index (χ3n) is 6.92. The second-order valence-corrected chi connectivity index (χ2v) is 9.94. The Hall–Kier alpha value is -1.92. The highest BCUT2D eigenvalue weighted by atomic mass is 16.2. The summed E-state index contributed by atoms with van der Waals surface area (Å²) in [6.45, 7) is 10.2. The maximum atomic E-state index is 12.1. The average Bonchev–Trinajstić information content (AvgIpc) is 2.89. The smallest absolute Gasteiger partial charge is 0.251 e. The van der Waals surface area contributed by atoms with Gasteiger partial charge in [-0.1, -0.05) is 76.5 Å². The van der Waals surface area contributed by atoms with Gasteiger partial charge >= 0.3 is 0 Å². The molecule has 1 aromatic carbocycles. The SMILES string of the molecule is CCCCCCCCCCCC(=O)NCCCN1CCN(CCCNC(=O)c2ccccc2)CC1. The molecule has 0 bridgehead atoms. The van der Waals surface area contributed by atoms with Gasteiger partial charge in [-0.25, -0.2) is 0 Å². The van der Waals surface area contributed by atoms with Gasteiger partial charge in [0.05, 0.1) is 0 Å². The molecule has 6 nitrogen and oxygen atoms in total. The summed E-state index contributed by atoms with van der Waals surface area (Å²) < 4.78 is 0. The number of piperazine rings is 1. The van der Waals surface area contributed by atoms with Crippen LogP contribution in [-0.4, -0.2) is 74.0 Å². The van der Waals surface area contributed by atoms with Crippen molar-refractivity contribution in [1.82, 2.24) is 20.4 Å². The van der Waals surface area contributed by atoms with Gasteiger partial charge in [-0.15, -0.1) is 0 Å². The number of carbonyl (C=O) groups excluding carboxylic acids is 2. The molecule has 0 aliphatic carbocycles. The van der Waals surface area contributed by atoms with Crippen molar-refractivity contribution in [2.75, 3.05) is 52.4 Å². The number of carbonyl (C=O) groups is 2. The number of rotatable bonds is 19. The Morgan fingerprint density at radius 1 is 0.686 bits per heavy atom. The van der Waals surface area contributed by atoms with Gasteiger partial charge < -0.3 is 20.4 Å². The fourth-order valence-electron chi connectivity index (χ4n) is 4.65. The third kappa shape index (κ3) is 14.3. The molecule has 0 saturated carbocycles. The molecule has 6 heteroatoms. The van der Waals surface area contributed by atoms with E-state index in [4.69, 9.17) is 0 Å². The van der Waals surface area contributed by atoms with Gasteiger partial charge in [0.2, 0.25) is 5.91 Å². The van der Waals surface area contributed by atoms with E-state index in [0.29, 0.717) is 13.0 Å². The summed E-state index contributed by atoms with van der Waals surface area (Å²) in [7, 11) is 0. The minimum Gasteiger partial charge on any atom is -0.356 e. The van der Waals surface area contributed by atoms with Crippen LogP contribution < -0.4 is 10.6 Å². The lowest BCUT2D eigenvalue weighted by molar-refractivity contribution is -0.121. The second-order valence-electron chi connectivity index (χ2n) is 9.94. The van der Waals surface area contributed by atoms with Crippen molar-refractivity contribution >= 4 is 11.8 Å². The number of nitrogens with zero attached hydrogens (tertiary/aromatic N) is 2. The number of hydrogen-bond donors (Lipinski definition) is 2. The lowest BCUT2D eigenvalue weighted by Crippen LogP contribution is -2.47. The first-order chi connectivity index (χ1) is 17.2. The fraction of sp³-hybridized carbons (Fsp3) is 0.724. The largest absolute Gasteiger partial charge is 0.356 e. The topological polar surface area (TPSA) is 64.7 Å². The van der Waals surface area contributed by atoms with Gasteiger partial charge in [0.25, 0.3) is 5.91 Å². The van der Waals surface area contributed by atoms with E-state index >= 15 is 0 Å². The number of hydrogen-bond acceptors (Lipinski definition) is 4. The molecule has 35 heavy (non-hydrogen) atoms. The van der Waals surface area contributed by atoms with Crippen LogP contribution in [0.3, 0.4) is 0 Å². The van der Waals surface area contributed by atoms with Gasteiger partial charge in [-0.3, -0.25) is 9.59 Å². The van der Waals surface area contributed by atoms with Crippen LogP contribution in [0.15, 0.2) is 30.3 Å². The Bertz CT molecular complexity index is 675. The quantitative estimate of drug-likeness (QED) is 0.274. The molecular weight excluding hydrogens is 436 g/mol. The fourth-order valence-corrected chi connectivity index (χ4v) is 4.65. The van der Waals surface area contributed by atoms with Gasteiger partial charge in [0.1, 0.15) is 0 Å². The molecule has 1 aliphatic rings. The third-order valence-corrected chi connectivity index (χ3v) is 6.92. The van der Waals surface area contributed by atoms with Crippen molar-refractivity contribution in [3.8, 4) is 0 Å². The van der Waals surface area contributed by atoms with E-state index < -0.39 is 0 Å². The standard InChI is InChI=1S/C29H50N4O2/c1-2-3-4-5-6-7-8-9-13-18-28(34)30-19-14-21-32-23-25-33(26-24-32)22-15-20-31-29(35)27-16-11-10-12-17-27/h10-12,16-17H,2-9,13-15,18-26H2,1H3,(H,30,34)(H,31,35). The molecule has 1 aliphatic heterocycles. The van der Waals surface area contributed by atoms with Crippen LogP contribution in [0.2, 0.25) is 0 Å². The molecule has 0 atom stereocenters. The molecule has 198 valence electrons. The number of unbranched alkanes of at least 4 members (excludes halogenated alkanes) is 8. The van der Waals surface area contributed by atoms with E-state index in [2.05, 4.69) is 27.4 Å². The van der Waals surface area contributed by atoms with Gasteiger partial charge in [0, 0.05) is 51.3 Å². The average molecular weight is 487 g/mol. The molecule has 0 unspecified atom stereocenters. The van der Waals surface area contributed by atoms with Crippen molar-refractivity contribution in [2.24, 2.45) is 0 Å². The zero-order valence-electron chi connectivity index (χ0n) is 22.2. The van der Waals surface area contributed by atoms with E-state index in [-0.39, 0.29) is 11.8 Å². The molecule has 0 spiro atoms. The predicted octanol–water partition coefficient (Wildman–Crippen LogP) is 4.85. The molecule has 0 radical (unpaired) electrons. The molecule has 2 N–H and O–H groups in total. The Balaban J connectivity index is 1.37.